The zero-order valence-corrected chi connectivity index (χ0v) is 14.0. The first kappa shape index (κ1) is 16.5. The third-order valence-electron chi connectivity index (χ3n) is 5.98. The molecular formula is C20H29NO2. The summed E-state index contributed by atoms with van der Waals surface area (Å²) in [5, 5.41) is 13.0. The lowest BCUT2D eigenvalue weighted by Crippen LogP contribution is -2.47. The van der Waals surface area contributed by atoms with E-state index in [0.717, 1.165) is 18.4 Å². The zero-order valence-electron chi connectivity index (χ0n) is 14.0. The number of rotatable bonds is 5. The highest BCUT2D eigenvalue weighted by Gasteiger charge is 2.37. The van der Waals surface area contributed by atoms with E-state index in [4.69, 9.17) is 0 Å². The molecule has 2 aliphatic rings. The first-order chi connectivity index (χ1) is 11.2. The van der Waals surface area contributed by atoms with Crippen LogP contribution in [0.15, 0.2) is 30.3 Å². The topological polar surface area (TPSA) is 49.3 Å². The molecule has 0 bridgehead atoms. The molecule has 1 aromatic rings. The molecule has 2 aliphatic carbocycles. The maximum absolute atomic E-state index is 11.6. The Morgan fingerprint density at radius 2 is 1.74 bits per heavy atom. The van der Waals surface area contributed by atoms with E-state index in [-0.39, 0.29) is 0 Å². The van der Waals surface area contributed by atoms with E-state index in [0.29, 0.717) is 17.9 Å². The molecule has 0 aliphatic heterocycles. The van der Waals surface area contributed by atoms with Gasteiger partial charge in [-0.3, -0.25) is 4.79 Å². The Labute approximate surface area is 139 Å². The van der Waals surface area contributed by atoms with E-state index in [1.54, 1.807) is 0 Å². The van der Waals surface area contributed by atoms with Crippen LogP contribution in [0.1, 0.15) is 63.4 Å². The summed E-state index contributed by atoms with van der Waals surface area (Å²) in [6.07, 6.45) is 12.4. The quantitative estimate of drug-likeness (QED) is 0.857. The van der Waals surface area contributed by atoms with Gasteiger partial charge < -0.3 is 10.4 Å². The van der Waals surface area contributed by atoms with Gasteiger partial charge in [-0.1, -0.05) is 49.6 Å². The average Bonchev–Trinajstić information content (AvgIpc) is 2.58. The summed E-state index contributed by atoms with van der Waals surface area (Å²) in [5.74, 6) is -0.730. The lowest BCUT2D eigenvalue weighted by molar-refractivity contribution is -0.139. The molecule has 2 saturated carbocycles. The smallest absolute Gasteiger partial charge is 0.321 e. The van der Waals surface area contributed by atoms with E-state index in [2.05, 4.69) is 5.32 Å². The number of aliphatic carboxylic acids is 1. The highest BCUT2D eigenvalue weighted by molar-refractivity contribution is 5.74. The number of hydrogen-bond donors (Lipinski definition) is 2. The van der Waals surface area contributed by atoms with Crippen molar-refractivity contribution in [1.82, 2.24) is 5.32 Å². The van der Waals surface area contributed by atoms with Gasteiger partial charge in [0.15, 0.2) is 0 Å². The molecule has 0 unspecified atom stereocenters. The van der Waals surface area contributed by atoms with Crippen LogP contribution in [0.2, 0.25) is 0 Å². The molecule has 2 fully saturated rings. The number of carboxylic acid groups (broad SMARTS) is 1. The van der Waals surface area contributed by atoms with Crippen LogP contribution in [0.4, 0.5) is 0 Å². The fourth-order valence-electron chi connectivity index (χ4n) is 4.55. The van der Waals surface area contributed by atoms with Crippen molar-refractivity contribution in [3.05, 3.63) is 35.9 Å². The number of benzene rings is 1. The molecule has 0 aromatic heterocycles. The van der Waals surface area contributed by atoms with Crippen LogP contribution in [0.25, 0.3) is 0 Å². The van der Waals surface area contributed by atoms with Crippen molar-refractivity contribution in [3.63, 3.8) is 0 Å². The van der Waals surface area contributed by atoms with E-state index in [9.17, 15) is 9.90 Å². The molecule has 0 saturated heterocycles. The third-order valence-corrected chi connectivity index (χ3v) is 5.98. The molecular weight excluding hydrogens is 286 g/mol. The molecule has 3 rings (SSSR count). The van der Waals surface area contributed by atoms with Gasteiger partial charge in [0.25, 0.3) is 0 Å². The molecule has 3 nitrogen and oxygen atoms in total. The van der Waals surface area contributed by atoms with Crippen LogP contribution in [0, 0.1) is 5.41 Å². The lowest BCUT2D eigenvalue weighted by Gasteiger charge is -2.43. The van der Waals surface area contributed by atoms with Crippen molar-refractivity contribution in [2.45, 2.75) is 76.3 Å². The van der Waals surface area contributed by atoms with Crippen LogP contribution in [-0.2, 0) is 11.2 Å². The fraction of sp³-hybridized carbons (Fsp3) is 0.650. The first-order valence-corrected chi connectivity index (χ1v) is 9.20. The minimum Gasteiger partial charge on any atom is -0.480 e. The monoisotopic (exact) mass is 315 g/mol. The van der Waals surface area contributed by atoms with Crippen LogP contribution in [0.5, 0.6) is 0 Å². The summed E-state index contributed by atoms with van der Waals surface area (Å²) < 4.78 is 0. The highest BCUT2D eigenvalue weighted by Crippen LogP contribution is 2.47. The predicted molar refractivity (Wildman–Crippen MR) is 92.5 cm³/mol. The lowest BCUT2D eigenvalue weighted by atomic mass is 9.64. The van der Waals surface area contributed by atoms with Crippen molar-refractivity contribution in [1.29, 1.82) is 0 Å². The number of hydrogen-bond acceptors (Lipinski definition) is 2. The maximum Gasteiger partial charge on any atom is 0.321 e. The molecule has 126 valence electrons. The van der Waals surface area contributed by atoms with E-state index < -0.39 is 12.0 Å². The zero-order chi connectivity index (χ0) is 16.1. The molecule has 1 spiro atoms. The number of carbonyl (C=O) groups is 1. The van der Waals surface area contributed by atoms with Gasteiger partial charge in [-0.05, 0) is 55.9 Å². The van der Waals surface area contributed by atoms with E-state index in [1.807, 2.05) is 30.3 Å². The highest BCUT2D eigenvalue weighted by atomic mass is 16.4. The molecule has 0 amide bonds. The second-order valence-corrected chi connectivity index (χ2v) is 7.58. The Hall–Kier alpha value is -1.35. The molecule has 2 N–H and O–H groups in total. The van der Waals surface area contributed by atoms with Crippen LogP contribution in [0.3, 0.4) is 0 Å². The third kappa shape index (κ3) is 4.35. The maximum atomic E-state index is 11.6. The van der Waals surface area contributed by atoms with Crippen LogP contribution < -0.4 is 5.32 Å². The second kappa shape index (κ2) is 7.48. The van der Waals surface area contributed by atoms with Crippen LogP contribution >= 0.6 is 0 Å². The fourth-order valence-corrected chi connectivity index (χ4v) is 4.55. The van der Waals surface area contributed by atoms with Gasteiger partial charge in [-0.25, -0.2) is 0 Å². The van der Waals surface area contributed by atoms with Crippen molar-refractivity contribution in [2.24, 2.45) is 5.41 Å². The normalized spacial score (nSPS) is 22.8. The van der Waals surface area contributed by atoms with Crippen molar-refractivity contribution < 1.29 is 9.90 Å². The molecule has 1 aromatic carbocycles. The van der Waals surface area contributed by atoms with Crippen molar-refractivity contribution in [2.75, 3.05) is 0 Å². The predicted octanol–water partition coefficient (Wildman–Crippen LogP) is 4.17. The molecule has 3 heteroatoms. The SMILES string of the molecule is O=C(O)[C@@H](Cc1ccccc1)NC1CCC2(CCCCC2)CC1. The molecule has 0 radical (unpaired) electrons. The standard InChI is InChI=1S/C20H29NO2/c22-19(23)18(15-16-7-3-1-4-8-16)21-17-9-13-20(14-10-17)11-5-2-6-12-20/h1,3-4,7-8,17-18,21H,2,5-6,9-15H2,(H,22,23)/t18-/m1/s1. The minimum absolute atomic E-state index is 0.368. The Bertz CT molecular complexity index is 498. The van der Waals surface area contributed by atoms with Gasteiger partial charge >= 0.3 is 5.97 Å². The summed E-state index contributed by atoms with van der Waals surface area (Å²) >= 11 is 0. The number of carboxylic acids is 1. The summed E-state index contributed by atoms with van der Waals surface area (Å²) in [6.45, 7) is 0. The van der Waals surface area contributed by atoms with Gasteiger partial charge in [0.1, 0.15) is 6.04 Å². The summed E-state index contributed by atoms with van der Waals surface area (Å²) in [6, 6.07) is 9.83. The van der Waals surface area contributed by atoms with Gasteiger partial charge in [-0.15, -0.1) is 0 Å². The van der Waals surface area contributed by atoms with Gasteiger partial charge in [0, 0.05) is 6.04 Å². The summed E-state index contributed by atoms with van der Waals surface area (Å²) in [4.78, 5) is 11.6. The van der Waals surface area contributed by atoms with E-state index >= 15 is 0 Å². The largest absolute Gasteiger partial charge is 0.480 e. The summed E-state index contributed by atoms with van der Waals surface area (Å²) in [5.41, 5.74) is 1.68. The minimum atomic E-state index is -0.730. The molecule has 0 heterocycles. The van der Waals surface area contributed by atoms with Crippen molar-refractivity contribution in [3.8, 4) is 0 Å². The average molecular weight is 315 g/mol. The Kier molecular flexibility index (Phi) is 5.37. The molecule has 1 atom stereocenters. The van der Waals surface area contributed by atoms with Gasteiger partial charge in [0.2, 0.25) is 0 Å². The Morgan fingerprint density at radius 1 is 1.09 bits per heavy atom. The Balaban J connectivity index is 1.54. The van der Waals surface area contributed by atoms with Crippen LogP contribution in [-0.4, -0.2) is 23.2 Å². The Morgan fingerprint density at radius 3 is 2.35 bits per heavy atom. The van der Waals surface area contributed by atoms with Gasteiger partial charge in [0.05, 0.1) is 0 Å². The second-order valence-electron chi connectivity index (χ2n) is 7.58. The molecule has 23 heavy (non-hydrogen) atoms. The van der Waals surface area contributed by atoms with Gasteiger partial charge in [-0.2, -0.15) is 0 Å². The first-order valence-electron chi connectivity index (χ1n) is 9.20. The van der Waals surface area contributed by atoms with Crippen molar-refractivity contribution >= 4 is 5.97 Å². The van der Waals surface area contributed by atoms with E-state index in [1.165, 1.54) is 44.9 Å². The number of nitrogens with one attached hydrogen (secondary N) is 1. The summed E-state index contributed by atoms with van der Waals surface area (Å²) in [7, 11) is 0.